The molecule has 1 saturated heterocycles. The number of hydrogen-bond donors (Lipinski definition) is 1. The highest BCUT2D eigenvalue weighted by Gasteiger charge is 2.38. The quantitative estimate of drug-likeness (QED) is 0.393. The number of anilines is 1. The zero-order valence-electron chi connectivity index (χ0n) is 20.8. The summed E-state index contributed by atoms with van der Waals surface area (Å²) in [4.78, 5) is 28.0. The van der Waals surface area contributed by atoms with E-state index in [9.17, 15) is 22.0 Å². The van der Waals surface area contributed by atoms with Gasteiger partial charge < -0.3 is 10.2 Å². The molecular formula is C27H25F2N5O3S. The van der Waals surface area contributed by atoms with Crippen molar-refractivity contribution in [3.8, 4) is 11.4 Å². The van der Waals surface area contributed by atoms with Crippen LogP contribution in [0.5, 0.6) is 0 Å². The number of aryl methyl sites for hydroxylation is 1. The van der Waals surface area contributed by atoms with Crippen LogP contribution in [0.4, 0.5) is 14.6 Å². The number of benzene rings is 1. The van der Waals surface area contributed by atoms with Crippen molar-refractivity contribution < 1.29 is 22.0 Å². The highest BCUT2D eigenvalue weighted by Crippen LogP contribution is 2.31. The number of carbonyl (C=O) groups excluding carboxylic acids is 1. The third kappa shape index (κ3) is 5.47. The summed E-state index contributed by atoms with van der Waals surface area (Å²) < 4.78 is 51.3. The fourth-order valence-electron chi connectivity index (χ4n) is 4.38. The van der Waals surface area contributed by atoms with E-state index in [-0.39, 0.29) is 36.5 Å². The Balaban J connectivity index is 1.34. The monoisotopic (exact) mass is 537 g/mol. The molecule has 4 heterocycles. The van der Waals surface area contributed by atoms with Crippen molar-refractivity contribution in [2.45, 2.75) is 30.7 Å². The molecule has 4 aromatic rings. The fraction of sp³-hybridized carbons (Fsp3) is 0.259. The standard InChI is InChI=1S/C27H25F2N5O3S/c1-17-6-7-18(12-24(17)38(2,36)37)26(35)31-15-20-13-23-19(14-30-20)8-9-22(32-23)21-4-3-5-25(33-21)34-11-10-27(28,29)16-34/h3-9,12-14H,10-11,15-16H2,1-2H3,(H,31,35). The van der Waals surface area contributed by atoms with Gasteiger partial charge in [-0.25, -0.2) is 27.2 Å². The molecule has 0 unspecified atom stereocenters. The molecule has 0 spiro atoms. The number of rotatable bonds is 6. The number of nitrogens with zero attached hydrogens (tertiary/aromatic N) is 4. The molecule has 1 aromatic carbocycles. The molecule has 1 N–H and O–H groups in total. The van der Waals surface area contributed by atoms with E-state index in [0.717, 1.165) is 11.6 Å². The lowest BCUT2D eigenvalue weighted by Gasteiger charge is -2.17. The van der Waals surface area contributed by atoms with Crippen molar-refractivity contribution in [3.63, 3.8) is 0 Å². The van der Waals surface area contributed by atoms with Crippen LogP contribution in [-0.2, 0) is 16.4 Å². The first kappa shape index (κ1) is 25.7. The van der Waals surface area contributed by atoms with E-state index in [1.165, 1.54) is 6.07 Å². The Morgan fingerprint density at radius 3 is 2.61 bits per heavy atom. The number of hydrogen-bond acceptors (Lipinski definition) is 7. The first-order valence-corrected chi connectivity index (χ1v) is 13.8. The highest BCUT2D eigenvalue weighted by atomic mass is 32.2. The summed E-state index contributed by atoms with van der Waals surface area (Å²) in [6.07, 6.45) is 2.56. The second kappa shape index (κ2) is 9.71. The SMILES string of the molecule is Cc1ccc(C(=O)NCc2cc3nc(-c4cccc(N5CCC(F)(F)C5)n4)ccc3cn2)cc1S(C)(=O)=O. The van der Waals surface area contributed by atoms with E-state index in [4.69, 9.17) is 0 Å². The molecule has 0 radical (unpaired) electrons. The van der Waals surface area contributed by atoms with Crippen LogP contribution < -0.4 is 10.2 Å². The average Bonchev–Trinajstić information content (AvgIpc) is 3.26. The van der Waals surface area contributed by atoms with Gasteiger partial charge in [0.15, 0.2) is 9.84 Å². The Hall–Kier alpha value is -3.99. The van der Waals surface area contributed by atoms with E-state index in [1.54, 1.807) is 60.5 Å². The summed E-state index contributed by atoms with van der Waals surface area (Å²) in [6, 6.07) is 15.2. The smallest absolute Gasteiger partial charge is 0.266 e. The number of alkyl halides is 2. The van der Waals surface area contributed by atoms with Gasteiger partial charge in [0.1, 0.15) is 5.82 Å². The van der Waals surface area contributed by atoms with Crippen LogP contribution in [0.25, 0.3) is 22.3 Å². The van der Waals surface area contributed by atoms with Crippen LogP contribution in [-0.4, -0.2) is 54.5 Å². The van der Waals surface area contributed by atoms with Crippen LogP contribution in [0.2, 0.25) is 0 Å². The molecular weight excluding hydrogens is 512 g/mol. The van der Waals surface area contributed by atoms with Crippen LogP contribution in [0.3, 0.4) is 0 Å². The number of fused-ring (bicyclic) bond motifs is 1. The lowest BCUT2D eigenvalue weighted by molar-refractivity contribution is 0.0256. The van der Waals surface area contributed by atoms with E-state index in [0.29, 0.717) is 34.0 Å². The van der Waals surface area contributed by atoms with E-state index < -0.39 is 21.7 Å². The van der Waals surface area contributed by atoms with Crippen LogP contribution in [0.15, 0.2) is 65.7 Å². The van der Waals surface area contributed by atoms with Crippen molar-refractivity contribution in [2.75, 3.05) is 24.2 Å². The zero-order chi connectivity index (χ0) is 27.1. The molecule has 5 rings (SSSR count). The lowest BCUT2D eigenvalue weighted by Crippen LogP contribution is -2.25. The van der Waals surface area contributed by atoms with Gasteiger partial charge in [0.2, 0.25) is 0 Å². The van der Waals surface area contributed by atoms with Crippen LogP contribution in [0.1, 0.15) is 28.0 Å². The predicted octanol–water partition coefficient (Wildman–Crippen LogP) is 4.18. The minimum Gasteiger partial charge on any atom is -0.350 e. The van der Waals surface area contributed by atoms with Crippen molar-refractivity contribution in [3.05, 3.63) is 77.6 Å². The summed E-state index contributed by atoms with van der Waals surface area (Å²) in [5, 5.41) is 3.55. The largest absolute Gasteiger partial charge is 0.350 e. The minimum absolute atomic E-state index is 0.111. The Kier molecular flexibility index (Phi) is 6.56. The van der Waals surface area contributed by atoms with Gasteiger partial charge in [0, 0.05) is 36.4 Å². The minimum atomic E-state index is -3.46. The molecule has 11 heteroatoms. The molecule has 0 atom stereocenters. The molecule has 1 fully saturated rings. The summed E-state index contributed by atoms with van der Waals surface area (Å²) >= 11 is 0. The molecule has 38 heavy (non-hydrogen) atoms. The molecule has 1 aliphatic rings. The number of aromatic nitrogens is 3. The zero-order valence-corrected chi connectivity index (χ0v) is 21.6. The van der Waals surface area contributed by atoms with Gasteiger partial charge in [0.25, 0.3) is 11.8 Å². The Morgan fingerprint density at radius 1 is 1.08 bits per heavy atom. The van der Waals surface area contributed by atoms with Crippen molar-refractivity contribution >= 4 is 32.5 Å². The molecule has 196 valence electrons. The predicted molar refractivity (Wildman–Crippen MR) is 140 cm³/mol. The number of pyridine rings is 3. The van der Waals surface area contributed by atoms with Gasteiger partial charge >= 0.3 is 0 Å². The lowest BCUT2D eigenvalue weighted by atomic mass is 10.1. The maximum atomic E-state index is 13.7. The summed E-state index contributed by atoms with van der Waals surface area (Å²) in [6.45, 7) is 1.68. The first-order valence-electron chi connectivity index (χ1n) is 11.9. The van der Waals surface area contributed by atoms with Gasteiger partial charge in [-0.2, -0.15) is 0 Å². The van der Waals surface area contributed by atoms with Gasteiger partial charge in [0.05, 0.1) is 40.6 Å². The summed E-state index contributed by atoms with van der Waals surface area (Å²) in [5.74, 6) is -2.66. The second-order valence-corrected chi connectivity index (χ2v) is 11.4. The number of sulfone groups is 1. The van der Waals surface area contributed by atoms with Crippen molar-refractivity contribution in [1.82, 2.24) is 20.3 Å². The van der Waals surface area contributed by atoms with Gasteiger partial charge in [-0.15, -0.1) is 0 Å². The van der Waals surface area contributed by atoms with Gasteiger partial charge in [-0.1, -0.05) is 12.1 Å². The second-order valence-electron chi connectivity index (χ2n) is 9.41. The number of amides is 1. The molecule has 1 aliphatic heterocycles. The molecule has 3 aromatic heterocycles. The van der Waals surface area contributed by atoms with Gasteiger partial charge in [-0.3, -0.25) is 9.78 Å². The van der Waals surface area contributed by atoms with Gasteiger partial charge in [-0.05, 0) is 55.0 Å². The Morgan fingerprint density at radius 2 is 1.87 bits per heavy atom. The van der Waals surface area contributed by atoms with E-state index in [2.05, 4.69) is 20.3 Å². The molecule has 0 aliphatic carbocycles. The van der Waals surface area contributed by atoms with Crippen molar-refractivity contribution in [1.29, 1.82) is 0 Å². The fourth-order valence-corrected chi connectivity index (χ4v) is 5.38. The maximum absolute atomic E-state index is 13.7. The first-order chi connectivity index (χ1) is 18.0. The summed E-state index contributed by atoms with van der Waals surface area (Å²) in [5.41, 5.74) is 3.15. The Labute approximate surface area is 218 Å². The van der Waals surface area contributed by atoms with Crippen molar-refractivity contribution in [2.24, 2.45) is 0 Å². The van der Waals surface area contributed by atoms with E-state index in [1.807, 2.05) is 6.07 Å². The molecule has 8 nitrogen and oxygen atoms in total. The molecule has 1 amide bonds. The normalized spacial score (nSPS) is 15.1. The third-order valence-electron chi connectivity index (χ3n) is 6.40. The topological polar surface area (TPSA) is 105 Å². The molecule has 0 saturated carbocycles. The van der Waals surface area contributed by atoms with Crippen LogP contribution >= 0.6 is 0 Å². The molecule has 0 bridgehead atoms. The Bertz CT molecular complexity index is 1660. The van der Waals surface area contributed by atoms with E-state index >= 15 is 0 Å². The number of nitrogens with one attached hydrogen (secondary N) is 1. The number of carbonyl (C=O) groups is 1. The highest BCUT2D eigenvalue weighted by molar-refractivity contribution is 7.90. The maximum Gasteiger partial charge on any atom is 0.266 e. The average molecular weight is 538 g/mol. The van der Waals surface area contributed by atoms with Crippen LogP contribution in [0, 0.1) is 6.92 Å². The summed E-state index contributed by atoms with van der Waals surface area (Å²) in [7, 11) is -3.46. The third-order valence-corrected chi connectivity index (χ3v) is 7.64. The number of halogens is 2.